The van der Waals surface area contributed by atoms with Gasteiger partial charge in [-0.15, -0.1) is 0 Å². The van der Waals surface area contributed by atoms with Crippen LogP contribution in [-0.4, -0.2) is 59.0 Å². The second-order valence-corrected chi connectivity index (χ2v) is 10.4. The second kappa shape index (κ2) is 12.3. The summed E-state index contributed by atoms with van der Waals surface area (Å²) < 4.78 is 6.05. The van der Waals surface area contributed by atoms with Gasteiger partial charge in [0.1, 0.15) is 11.8 Å². The number of hydrogen-bond acceptors (Lipinski definition) is 6. The zero-order chi connectivity index (χ0) is 28.1. The minimum atomic E-state index is -0.616. The lowest BCUT2D eigenvalue weighted by Gasteiger charge is -2.29. The van der Waals surface area contributed by atoms with Gasteiger partial charge in [-0.3, -0.25) is 14.9 Å². The van der Waals surface area contributed by atoms with Crippen molar-refractivity contribution in [3.63, 3.8) is 0 Å². The molecule has 8 nitrogen and oxygen atoms in total. The fourth-order valence-corrected chi connectivity index (χ4v) is 5.46. The van der Waals surface area contributed by atoms with Crippen LogP contribution in [0.25, 0.3) is 0 Å². The van der Waals surface area contributed by atoms with Crippen molar-refractivity contribution < 1.29 is 19.4 Å². The Morgan fingerprint density at radius 1 is 1.07 bits per heavy atom. The highest BCUT2D eigenvalue weighted by atomic mass is 16.5. The first-order valence-corrected chi connectivity index (χ1v) is 13.8. The summed E-state index contributed by atoms with van der Waals surface area (Å²) in [4.78, 5) is 33.5. The number of aryl methyl sites for hydroxylation is 1. The Labute approximate surface area is 235 Å². The molecule has 2 heterocycles. The van der Waals surface area contributed by atoms with Crippen LogP contribution in [0.2, 0.25) is 0 Å². The standard InChI is InChI=1S/C32H36N4O4/c1-22-18-26(19-25-20-36-27(21-37)31(39)34-32(36)33-29(22)25)40-17-11-5-10-16-28(38)35(2)30(23-12-6-3-7-13-23)24-14-8-4-9-15-24/h3-4,6-9,12-15,18-19,27,30,37H,5,10-11,16-17,20-21H2,1-2H3,(H,33,34,39). The van der Waals surface area contributed by atoms with Gasteiger partial charge in [-0.25, -0.2) is 4.99 Å². The zero-order valence-electron chi connectivity index (χ0n) is 23.0. The summed E-state index contributed by atoms with van der Waals surface area (Å²) in [7, 11) is 1.89. The molecule has 208 valence electrons. The number of carbonyl (C=O) groups is 2. The quantitative estimate of drug-likeness (QED) is 0.350. The predicted octanol–water partition coefficient (Wildman–Crippen LogP) is 4.48. The predicted molar refractivity (Wildman–Crippen MR) is 154 cm³/mol. The Kier molecular flexibility index (Phi) is 8.45. The van der Waals surface area contributed by atoms with Gasteiger partial charge in [0, 0.05) is 25.6 Å². The van der Waals surface area contributed by atoms with Gasteiger partial charge in [-0.05, 0) is 55.0 Å². The molecule has 40 heavy (non-hydrogen) atoms. The summed E-state index contributed by atoms with van der Waals surface area (Å²) >= 11 is 0. The van der Waals surface area contributed by atoms with E-state index in [0.29, 0.717) is 25.5 Å². The van der Waals surface area contributed by atoms with E-state index >= 15 is 0 Å². The molecule has 1 saturated heterocycles. The van der Waals surface area contributed by atoms with Gasteiger partial charge in [0.15, 0.2) is 0 Å². The van der Waals surface area contributed by atoms with Crippen LogP contribution < -0.4 is 10.1 Å². The molecule has 1 unspecified atom stereocenters. The molecule has 0 aromatic heterocycles. The molecule has 0 aliphatic carbocycles. The summed E-state index contributed by atoms with van der Waals surface area (Å²) in [6.07, 6.45) is 3.01. The number of hydrogen-bond donors (Lipinski definition) is 2. The van der Waals surface area contributed by atoms with Crippen LogP contribution in [0, 0.1) is 6.92 Å². The van der Waals surface area contributed by atoms with Crippen molar-refractivity contribution >= 4 is 23.5 Å². The van der Waals surface area contributed by atoms with Crippen molar-refractivity contribution in [3.05, 3.63) is 95.1 Å². The van der Waals surface area contributed by atoms with Gasteiger partial charge in [0.25, 0.3) is 5.91 Å². The van der Waals surface area contributed by atoms with Crippen LogP contribution in [0.15, 0.2) is 77.8 Å². The lowest BCUT2D eigenvalue weighted by molar-refractivity contribution is -0.131. The molecule has 3 aromatic rings. The molecule has 2 amide bonds. The normalized spacial score (nSPS) is 15.8. The number of aliphatic imine (C=N–C) groups is 1. The first-order chi connectivity index (χ1) is 19.5. The molecule has 8 heteroatoms. The number of benzene rings is 3. The molecule has 2 aliphatic rings. The number of fused-ring (bicyclic) bond motifs is 2. The molecule has 1 atom stereocenters. The minimum absolute atomic E-state index is 0.118. The largest absolute Gasteiger partial charge is 0.494 e. The molecular weight excluding hydrogens is 504 g/mol. The zero-order valence-corrected chi connectivity index (χ0v) is 23.0. The third-order valence-electron chi connectivity index (χ3n) is 7.59. The summed E-state index contributed by atoms with van der Waals surface area (Å²) in [6, 6.07) is 23.5. The van der Waals surface area contributed by atoms with Crippen LogP contribution >= 0.6 is 0 Å². The fourth-order valence-electron chi connectivity index (χ4n) is 5.46. The van der Waals surface area contributed by atoms with Gasteiger partial charge in [-0.1, -0.05) is 60.7 Å². The Morgan fingerprint density at radius 3 is 2.40 bits per heavy atom. The summed E-state index contributed by atoms with van der Waals surface area (Å²) in [5.41, 5.74) is 4.97. The Balaban J connectivity index is 1.11. The topological polar surface area (TPSA) is 94.5 Å². The lowest BCUT2D eigenvalue weighted by Crippen LogP contribution is -2.39. The van der Waals surface area contributed by atoms with Gasteiger partial charge in [0.2, 0.25) is 11.9 Å². The molecule has 0 saturated carbocycles. The second-order valence-electron chi connectivity index (χ2n) is 10.4. The average molecular weight is 541 g/mol. The van der Waals surface area contributed by atoms with E-state index in [1.54, 1.807) is 4.90 Å². The number of nitrogens with zero attached hydrogens (tertiary/aromatic N) is 3. The molecule has 3 aromatic carbocycles. The van der Waals surface area contributed by atoms with Gasteiger partial charge in [0.05, 0.1) is 24.9 Å². The van der Waals surface area contributed by atoms with E-state index in [-0.39, 0.29) is 24.5 Å². The van der Waals surface area contributed by atoms with Crippen LogP contribution in [0.5, 0.6) is 5.75 Å². The molecular formula is C32H36N4O4. The Morgan fingerprint density at radius 2 is 1.75 bits per heavy atom. The monoisotopic (exact) mass is 540 g/mol. The number of aliphatic hydroxyl groups is 1. The summed E-state index contributed by atoms with van der Waals surface area (Å²) in [5, 5.41) is 12.4. The van der Waals surface area contributed by atoms with E-state index in [9.17, 15) is 14.7 Å². The van der Waals surface area contributed by atoms with E-state index in [1.165, 1.54) is 0 Å². The highest BCUT2D eigenvalue weighted by Gasteiger charge is 2.39. The van der Waals surface area contributed by atoms with Gasteiger partial charge in [-0.2, -0.15) is 0 Å². The Bertz CT molecular complexity index is 1340. The minimum Gasteiger partial charge on any atom is -0.494 e. The number of aliphatic hydroxyl groups excluding tert-OH is 1. The van der Waals surface area contributed by atoms with Crippen molar-refractivity contribution in [1.82, 2.24) is 15.1 Å². The maximum Gasteiger partial charge on any atom is 0.251 e. The third-order valence-corrected chi connectivity index (χ3v) is 7.59. The SMILES string of the molecule is Cc1cc(OCCCCCC(=O)N(C)C(c2ccccc2)c2ccccc2)cc2c1N=C1NC(=O)C(CO)N1C2. The van der Waals surface area contributed by atoms with E-state index in [4.69, 9.17) is 4.74 Å². The Hall–Kier alpha value is -4.17. The van der Waals surface area contributed by atoms with E-state index in [0.717, 1.165) is 53.0 Å². The van der Waals surface area contributed by atoms with E-state index < -0.39 is 6.04 Å². The van der Waals surface area contributed by atoms with Crippen LogP contribution in [-0.2, 0) is 16.1 Å². The van der Waals surface area contributed by atoms with Crippen molar-refractivity contribution in [2.75, 3.05) is 20.3 Å². The van der Waals surface area contributed by atoms with Crippen molar-refractivity contribution in [1.29, 1.82) is 0 Å². The maximum absolute atomic E-state index is 13.1. The van der Waals surface area contributed by atoms with Crippen LogP contribution in [0.1, 0.15) is 54.0 Å². The average Bonchev–Trinajstić information content (AvgIpc) is 3.28. The highest BCUT2D eigenvalue weighted by Crippen LogP contribution is 2.35. The number of rotatable bonds is 11. The smallest absolute Gasteiger partial charge is 0.251 e. The maximum atomic E-state index is 13.1. The number of nitrogens with one attached hydrogen (secondary N) is 1. The van der Waals surface area contributed by atoms with E-state index in [2.05, 4.69) is 34.6 Å². The van der Waals surface area contributed by atoms with Gasteiger partial charge >= 0.3 is 0 Å². The molecule has 1 fully saturated rings. The number of unbranched alkanes of at least 4 members (excludes halogenated alkanes) is 2. The number of guanidine groups is 1. The van der Waals surface area contributed by atoms with Crippen molar-refractivity contribution in [3.8, 4) is 5.75 Å². The first kappa shape index (κ1) is 27.4. The van der Waals surface area contributed by atoms with Crippen molar-refractivity contribution in [2.45, 2.75) is 51.2 Å². The van der Waals surface area contributed by atoms with Crippen LogP contribution in [0.4, 0.5) is 5.69 Å². The van der Waals surface area contributed by atoms with Crippen molar-refractivity contribution in [2.24, 2.45) is 4.99 Å². The highest BCUT2D eigenvalue weighted by molar-refractivity contribution is 6.08. The number of amides is 2. The molecule has 0 bridgehead atoms. The van der Waals surface area contributed by atoms with Crippen LogP contribution in [0.3, 0.4) is 0 Å². The number of carbonyl (C=O) groups excluding carboxylic acids is 2. The third kappa shape index (κ3) is 5.87. The summed E-state index contributed by atoms with van der Waals surface area (Å²) in [5.74, 6) is 1.15. The summed E-state index contributed by atoms with van der Waals surface area (Å²) in [6.45, 7) is 2.76. The lowest BCUT2D eigenvalue weighted by atomic mass is 9.97. The molecule has 0 spiro atoms. The van der Waals surface area contributed by atoms with E-state index in [1.807, 2.05) is 67.4 Å². The first-order valence-electron chi connectivity index (χ1n) is 13.8. The molecule has 5 rings (SSSR count). The molecule has 2 aliphatic heterocycles. The fraction of sp³-hybridized carbons (Fsp3) is 0.344. The molecule has 0 radical (unpaired) electrons. The van der Waals surface area contributed by atoms with Gasteiger partial charge < -0.3 is 19.6 Å². The molecule has 2 N–H and O–H groups in total. The number of ether oxygens (including phenoxy) is 1.